The van der Waals surface area contributed by atoms with Crippen LogP contribution in [0.1, 0.15) is 45.0 Å². The largest absolute Gasteiger partial charge is 0.423 e. The molecule has 0 fully saturated rings. The monoisotopic (exact) mass is 224 g/mol. The molecule has 1 aromatic heterocycles. The molecule has 0 aliphatic heterocycles. The third kappa shape index (κ3) is 3.36. The van der Waals surface area contributed by atoms with E-state index in [1.807, 2.05) is 13.8 Å². The molecule has 4 heteroatoms. The average Bonchev–Trinajstić information content (AvgIpc) is 2.49. The minimum Gasteiger partial charge on any atom is -0.423 e. The van der Waals surface area contributed by atoms with E-state index >= 15 is 0 Å². The second-order valence-corrected chi connectivity index (χ2v) is 4.45. The van der Waals surface area contributed by atoms with Gasteiger partial charge in [-0.2, -0.15) is 5.10 Å². The van der Waals surface area contributed by atoms with E-state index < -0.39 is 0 Å². The quantitative estimate of drug-likeness (QED) is 0.782. The van der Waals surface area contributed by atoms with Crippen molar-refractivity contribution in [3.63, 3.8) is 0 Å². The number of aryl methyl sites for hydroxylation is 1. The smallest absolute Gasteiger partial charge is 0.311 e. The Bertz CT molecular complexity index is 356. The van der Waals surface area contributed by atoms with E-state index in [0.717, 1.165) is 24.2 Å². The zero-order valence-corrected chi connectivity index (χ0v) is 10.5. The third-order valence-corrected chi connectivity index (χ3v) is 2.23. The Kier molecular flexibility index (Phi) is 4.52. The van der Waals surface area contributed by atoms with Crippen LogP contribution in [0.5, 0.6) is 5.75 Å². The predicted octanol–water partition coefficient (Wildman–Crippen LogP) is 2.62. The SMILES string of the molecule is CCCC(=O)Oc1c(CC(C)C)n[nH]c1C. The molecule has 1 heterocycles. The number of aromatic amines is 1. The number of carbonyl (C=O) groups is 1. The molecule has 90 valence electrons. The lowest BCUT2D eigenvalue weighted by Gasteiger charge is -2.06. The number of nitrogens with one attached hydrogen (secondary N) is 1. The van der Waals surface area contributed by atoms with Gasteiger partial charge in [-0.3, -0.25) is 9.89 Å². The molecule has 1 N–H and O–H groups in total. The molecular weight excluding hydrogens is 204 g/mol. The van der Waals surface area contributed by atoms with Gasteiger partial charge in [-0.25, -0.2) is 0 Å². The molecule has 0 spiro atoms. The van der Waals surface area contributed by atoms with Gasteiger partial charge in [0.2, 0.25) is 0 Å². The third-order valence-electron chi connectivity index (χ3n) is 2.23. The maximum absolute atomic E-state index is 11.4. The minimum absolute atomic E-state index is 0.183. The highest BCUT2D eigenvalue weighted by molar-refractivity contribution is 5.72. The summed E-state index contributed by atoms with van der Waals surface area (Å²) in [5, 5.41) is 7.03. The van der Waals surface area contributed by atoms with Crippen molar-refractivity contribution in [3.8, 4) is 5.75 Å². The normalized spacial score (nSPS) is 10.8. The molecule has 0 aromatic carbocycles. The second-order valence-electron chi connectivity index (χ2n) is 4.45. The fourth-order valence-electron chi connectivity index (χ4n) is 1.50. The van der Waals surface area contributed by atoms with Crippen molar-refractivity contribution >= 4 is 5.97 Å². The van der Waals surface area contributed by atoms with Gasteiger partial charge in [0, 0.05) is 6.42 Å². The summed E-state index contributed by atoms with van der Waals surface area (Å²) in [5.41, 5.74) is 1.66. The van der Waals surface area contributed by atoms with Gasteiger partial charge in [0.1, 0.15) is 5.69 Å². The van der Waals surface area contributed by atoms with Crippen LogP contribution >= 0.6 is 0 Å². The molecule has 0 saturated heterocycles. The van der Waals surface area contributed by atoms with E-state index in [4.69, 9.17) is 4.74 Å². The lowest BCUT2D eigenvalue weighted by atomic mass is 10.1. The maximum Gasteiger partial charge on any atom is 0.311 e. The molecule has 0 radical (unpaired) electrons. The summed E-state index contributed by atoms with van der Waals surface area (Å²) >= 11 is 0. The first-order valence-corrected chi connectivity index (χ1v) is 5.79. The summed E-state index contributed by atoms with van der Waals surface area (Å²) in [5.74, 6) is 0.926. The lowest BCUT2D eigenvalue weighted by Crippen LogP contribution is -2.09. The van der Waals surface area contributed by atoms with E-state index in [9.17, 15) is 4.79 Å². The van der Waals surface area contributed by atoms with Gasteiger partial charge in [-0.05, 0) is 25.7 Å². The Hall–Kier alpha value is -1.32. The Morgan fingerprint density at radius 1 is 1.50 bits per heavy atom. The van der Waals surface area contributed by atoms with Crippen LogP contribution in [0.15, 0.2) is 0 Å². The van der Waals surface area contributed by atoms with Gasteiger partial charge in [0.15, 0.2) is 5.75 Å². The maximum atomic E-state index is 11.4. The Morgan fingerprint density at radius 3 is 2.75 bits per heavy atom. The Balaban J connectivity index is 2.77. The van der Waals surface area contributed by atoms with Gasteiger partial charge in [-0.15, -0.1) is 0 Å². The summed E-state index contributed by atoms with van der Waals surface area (Å²) in [4.78, 5) is 11.4. The van der Waals surface area contributed by atoms with Gasteiger partial charge in [-0.1, -0.05) is 20.8 Å². The molecular formula is C12H20N2O2. The highest BCUT2D eigenvalue weighted by Gasteiger charge is 2.15. The summed E-state index contributed by atoms with van der Waals surface area (Å²) in [7, 11) is 0. The van der Waals surface area contributed by atoms with Crippen LogP contribution in [0.25, 0.3) is 0 Å². The molecule has 1 rings (SSSR count). The van der Waals surface area contributed by atoms with E-state index in [0.29, 0.717) is 18.1 Å². The topological polar surface area (TPSA) is 55.0 Å². The van der Waals surface area contributed by atoms with E-state index in [1.165, 1.54) is 0 Å². The van der Waals surface area contributed by atoms with Gasteiger partial charge in [0.05, 0.1) is 5.69 Å². The van der Waals surface area contributed by atoms with Crippen LogP contribution in [0.2, 0.25) is 0 Å². The fourth-order valence-corrected chi connectivity index (χ4v) is 1.50. The van der Waals surface area contributed by atoms with Crippen LogP contribution in [-0.4, -0.2) is 16.2 Å². The molecule has 0 atom stereocenters. The average molecular weight is 224 g/mol. The number of H-pyrrole nitrogens is 1. The summed E-state index contributed by atoms with van der Waals surface area (Å²) < 4.78 is 5.32. The Labute approximate surface area is 96.4 Å². The van der Waals surface area contributed by atoms with Crippen molar-refractivity contribution in [2.75, 3.05) is 0 Å². The highest BCUT2D eigenvalue weighted by Crippen LogP contribution is 2.23. The molecule has 4 nitrogen and oxygen atoms in total. The molecule has 0 unspecified atom stereocenters. The van der Waals surface area contributed by atoms with Crippen molar-refractivity contribution in [3.05, 3.63) is 11.4 Å². The zero-order valence-electron chi connectivity index (χ0n) is 10.5. The van der Waals surface area contributed by atoms with E-state index in [2.05, 4.69) is 24.0 Å². The number of rotatable bonds is 5. The lowest BCUT2D eigenvalue weighted by molar-refractivity contribution is -0.134. The first kappa shape index (κ1) is 12.7. The minimum atomic E-state index is -0.183. The first-order valence-electron chi connectivity index (χ1n) is 5.79. The van der Waals surface area contributed by atoms with Crippen LogP contribution < -0.4 is 4.74 Å². The number of ether oxygens (including phenoxy) is 1. The summed E-state index contributed by atoms with van der Waals surface area (Å²) in [6.45, 7) is 8.05. The number of carbonyl (C=O) groups excluding carboxylic acids is 1. The number of hydrogen-bond donors (Lipinski definition) is 1. The molecule has 0 aliphatic rings. The summed E-state index contributed by atoms with van der Waals surface area (Å²) in [6, 6.07) is 0. The molecule has 16 heavy (non-hydrogen) atoms. The van der Waals surface area contributed by atoms with Crippen LogP contribution in [0.3, 0.4) is 0 Å². The standard InChI is InChI=1S/C12H20N2O2/c1-5-6-11(15)16-12-9(4)13-14-10(12)7-8(2)3/h8H,5-7H2,1-4H3,(H,13,14). The molecule has 0 aliphatic carbocycles. The number of nitrogens with zero attached hydrogens (tertiary/aromatic N) is 1. The van der Waals surface area contributed by atoms with Crippen LogP contribution in [-0.2, 0) is 11.2 Å². The highest BCUT2D eigenvalue weighted by atomic mass is 16.5. The van der Waals surface area contributed by atoms with Crippen LogP contribution in [0, 0.1) is 12.8 Å². The van der Waals surface area contributed by atoms with Crippen molar-refractivity contribution in [1.29, 1.82) is 0 Å². The van der Waals surface area contributed by atoms with Crippen LogP contribution in [0.4, 0.5) is 0 Å². The molecule has 0 bridgehead atoms. The van der Waals surface area contributed by atoms with Gasteiger partial charge < -0.3 is 4.74 Å². The van der Waals surface area contributed by atoms with Crippen molar-refractivity contribution < 1.29 is 9.53 Å². The Morgan fingerprint density at radius 2 is 2.19 bits per heavy atom. The van der Waals surface area contributed by atoms with Crippen molar-refractivity contribution in [2.24, 2.45) is 5.92 Å². The van der Waals surface area contributed by atoms with Gasteiger partial charge in [0.25, 0.3) is 0 Å². The summed E-state index contributed by atoms with van der Waals surface area (Å²) in [6.07, 6.45) is 2.07. The van der Waals surface area contributed by atoms with Gasteiger partial charge >= 0.3 is 5.97 Å². The second kappa shape index (κ2) is 5.68. The number of hydrogen-bond acceptors (Lipinski definition) is 3. The van der Waals surface area contributed by atoms with Crippen molar-refractivity contribution in [1.82, 2.24) is 10.2 Å². The molecule has 0 amide bonds. The molecule has 0 saturated carbocycles. The van der Waals surface area contributed by atoms with Crippen molar-refractivity contribution in [2.45, 2.75) is 47.0 Å². The van der Waals surface area contributed by atoms with E-state index in [-0.39, 0.29) is 5.97 Å². The zero-order chi connectivity index (χ0) is 12.1. The van der Waals surface area contributed by atoms with E-state index in [1.54, 1.807) is 0 Å². The predicted molar refractivity (Wildman–Crippen MR) is 62.4 cm³/mol. The first-order chi connectivity index (χ1) is 7.54. The number of aromatic nitrogens is 2. The number of esters is 1. The molecule has 1 aromatic rings. The fraction of sp³-hybridized carbons (Fsp3) is 0.667.